The van der Waals surface area contributed by atoms with Crippen molar-refractivity contribution >= 4 is 34.4 Å². The number of aryl methyl sites for hydroxylation is 1. The molecule has 4 rings (SSSR count). The van der Waals surface area contributed by atoms with Crippen molar-refractivity contribution in [3.63, 3.8) is 0 Å². The molecule has 24 heavy (non-hydrogen) atoms. The number of carbonyl (C=O) groups is 1. The van der Waals surface area contributed by atoms with Crippen LogP contribution in [0.3, 0.4) is 0 Å². The molecule has 1 aromatic heterocycles. The van der Waals surface area contributed by atoms with Crippen molar-refractivity contribution in [2.75, 3.05) is 0 Å². The van der Waals surface area contributed by atoms with E-state index in [1.165, 1.54) is 12.3 Å². The van der Waals surface area contributed by atoms with E-state index < -0.39 is 0 Å². The first-order chi connectivity index (χ1) is 11.5. The van der Waals surface area contributed by atoms with Crippen molar-refractivity contribution in [2.45, 2.75) is 6.92 Å². The largest absolute Gasteiger partial charge is 0.463 e. The van der Waals surface area contributed by atoms with E-state index >= 15 is 0 Å². The number of ketones is 1. The van der Waals surface area contributed by atoms with E-state index in [2.05, 4.69) is 0 Å². The number of hydrogen-bond acceptors (Lipinski definition) is 4. The van der Waals surface area contributed by atoms with Crippen LogP contribution >= 0.6 is 11.6 Å². The number of carbonyl (C=O) groups excluding carboxylic acids is 1. The Labute approximate surface area is 141 Å². The normalized spacial score (nSPS) is 14.9. The molecular weight excluding hydrogens is 328 g/mol. The molecule has 4 nitrogen and oxygen atoms in total. The highest BCUT2D eigenvalue weighted by Gasteiger charge is 2.27. The van der Waals surface area contributed by atoms with Gasteiger partial charge in [-0.25, -0.2) is 0 Å². The van der Waals surface area contributed by atoms with Crippen LogP contribution in [0.2, 0.25) is 5.02 Å². The van der Waals surface area contributed by atoms with Crippen LogP contribution in [0.25, 0.3) is 17.0 Å². The number of fused-ring (bicyclic) bond motifs is 2. The zero-order chi connectivity index (χ0) is 16.8. The highest BCUT2D eigenvalue weighted by atomic mass is 35.5. The Bertz CT molecular complexity index is 1090. The zero-order valence-corrected chi connectivity index (χ0v) is 13.4. The number of halogens is 1. The summed E-state index contributed by atoms with van der Waals surface area (Å²) in [6.45, 7) is 1.92. The van der Waals surface area contributed by atoms with Crippen LogP contribution in [-0.4, -0.2) is 5.78 Å². The zero-order valence-electron chi connectivity index (χ0n) is 12.6. The Balaban J connectivity index is 1.81. The third-order valence-corrected chi connectivity index (χ3v) is 4.11. The molecule has 0 bridgehead atoms. The molecule has 0 unspecified atom stereocenters. The maximum Gasteiger partial charge on any atom is 0.231 e. The minimum Gasteiger partial charge on any atom is -0.463 e. The summed E-state index contributed by atoms with van der Waals surface area (Å²) in [7, 11) is 0. The van der Waals surface area contributed by atoms with Crippen LogP contribution in [-0.2, 0) is 0 Å². The fourth-order valence-corrected chi connectivity index (χ4v) is 2.81. The minimum atomic E-state index is -0.249. The maximum atomic E-state index is 12.5. The van der Waals surface area contributed by atoms with Crippen LogP contribution in [0.1, 0.15) is 21.5 Å². The van der Waals surface area contributed by atoms with E-state index in [4.69, 9.17) is 20.8 Å². The predicted molar refractivity (Wildman–Crippen MR) is 91.6 cm³/mol. The topological polar surface area (TPSA) is 56.5 Å². The summed E-state index contributed by atoms with van der Waals surface area (Å²) in [6.07, 6.45) is 2.72. The van der Waals surface area contributed by atoms with Gasteiger partial charge in [0.2, 0.25) is 5.78 Å². The summed E-state index contributed by atoms with van der Waals surface area (Å²) in [5, 5.41) is 0.879. The van der Waals surface area contributed by atoms with Gasteiger partial charge in [0.05, 0.1) is 16.5 Å². The van der Waals surface area contributed by atoms with Crippen LogP contribution in [0.15, 0.2) is 57.6 Å². The first-order valence-electron chi connectivity index (χ1n) is 7.29. The van der Waals surface area contributed by atoms with Crippen LogP contribution < -0.4 is 10.2 Å². The van der Waals surface area contributed by atoms with Crippen LogP contribution in [0.4, 0.5) is 0 Å². The molecule has 3 aromatic rings. The summed E-state index contributed by atoms with van der Waals surface area (Å²) in [6, 6.07) is 10.1. The molecule has 0 spiro atoms. The molecule has 0 N–H and O–H groups in total. The second-order valence-electron chi connectivity index (χ2n) is 5.60. The van der Waals surface area contributed by atoms with Gasteiger partial charge in [0.15, 0.2) is 11.2 Å². The molecule has 0 saturated carbocycles. The number of rotatable bonds is 1. The number of Topliss-reactive ketones (excluding diaryl/α,β-unsaturated/α-hetero) is 1. The summed E-state index contributed by atoms with van der Waals surface area (Å²) >= 11 is 5.89. The van der Waals surface area contributed by atoms with E-state index in [1.807, 2.05) is 13.0 Å². The Hall–Kier alpha value is -2.85. The van der Waals surface area contributed by atoms with Crippen molar-refractivity contribution in [1.29, 1.82) is 0 Å². The number of ether oxygens (including phenoxy) is 1. The van der Waals surface area contributed by atoms with Gasteiger partial charge in [-0.2, -0.15) is 0 Å². The molecule has 2 heterocycles. The Morgan fingerprint density at radius 2 is 1.92 bits per heavy atom. The lowest BCUT2D eigenvalue weighted by Gasteiger charge is -2.01. The quantitative estimate of drug-likeness (QED) is 0.618. The summed E-state index contributed by atoms with van der Waals surface area (Å²) in [4.78, 5) is 24.9. The lowest BCUT2D eigenvalue weighted by atomic mass is 10.1. The smallest absolute Gasteiger partial charge is 0.231 e. The molecule has 118 valence electrons. The van der Waals surface area contributed by atoms with Gasteiger partial charge in [0.25, 0.3) is 0 Å². The second-order valence-corrected chi connectivity index (χ2v) is 6.04. The molecule has 1 aliphatic heterocycles. The molecular formula is C19H11ClO4. The molecule has 0 fully saturated rings. The molecule has 0 atom stereocenters. The van der Waals surface area contributed by atoms with Crippen molar-refractivity contribution in [1.82, 2.24) is 0 Å². The lowest BCUT2D eigenvalue weighted by Crippen LogP contribution is -2.07. The Morgan fingerprint density at radius 3 is 2.75 bits per heavy atom. The number of benzene rings is 2. The van der Waals surface area contributed by atoms with Crippen LogP contribution in [0.5, 0.6) is 5.75 Å². The molecule has 5 heteroatoms. The van der Waals surface area contributed by atoms with E-state index in [9.17, 15) is 9.59 Å². The summed E-state index contributed by atoms with van der Waals surface area (Å²) in [5.74, 6) is 0.361. The average molecular weight is 339 g/mol. The Kier molecular flexibility index (Phi) is 3.28. The van der Waals surface area contributed by atoms with Crippen molar-refractivity contribution in [3.8, 4) is 5.75 Å². The molecule has 0 amide bonds. The van der Waals surface area contributed by atoms with E-state index in [0.717, 1.165) is 5.56 Å². The van der Waals surface area contributed by atoms with E-state index in [1.54, 1.807) is 30.3 Å². The van der Waals surface area contributed by atoms with Gasteiger partial charge in [-0.3, -0.25) is 9.59 Å². The van der Waals surface area contributed by atoms with E-state index in [-0.39, 0.29) is 22.5 Å². The first-order valence-corrected chi connectivity index (χ1v) is 7.67. The van der Waals surface area contributed by atoms with Gasteiger partial charge in [-0.15, -0.1) is 0 Å². The monoisotopic (exact) mass is 338 g/mol. The summed E-state index contributed by atoms with van der Waals surface area (Å²) in [5.41, 5.74) is 1.88. The summed E-state index contributed by atoms with van der Waals surface area (Å²) < 4.78 is 11.1. The second kappa shape index (κ2) is 5.35. The fourth-order valence-electron chi connectivity index (χ4n) is 2.65. The highest BCUT2D eigenvalue weighted by molar-refractivity contribution is 6.31. The van der Waals surface area contributed by atoms with Gasteiger partial charge in [0.1, 0.15) is 17.6 Å². The molecule has 2 aromatic carbocycles. The first kappa shape index (κ1) is 14.7. The average Bonchev–Trinajstić information content (AvgIpc) is 2.85. The minimum absolute atomic E-state index is 0.108. The van der Waals surface area contributed by atoms with Gasteiger partial charge in [-0.05, 0) is 42.8 Å². The highest BCUT2D eigenvalue weighted by Crippen LogP contribution is 2.32. The Morgan fingerprint density at radius 1 is 1.08 bits per heavy atom. The predicted octanol–water partition coefficient (Wildman–Crippen LogP) is 4.37. The van der Waals surface area contributed by atoms with Gasteiger partial charge < -0.3 is 9.15 Å². The van der Waals surface area contributed by atoms with Gasteiger partial charge in [0, 0.05) is 11.1 Å². The lowest BCUT2D eigenvalue weighted by molar-refractivity contribution is 0.101. The third-order valence-electron chi connectivity index (χ3n) is 3.88. The van der Waals surface area contributed by atoms with Crippen molar-refractivity contribution in [2.24, 2.45) is 0 Å². The molecule has 0 radical (unpaired) electrons. The number of hydrogen-bond donors (Lipinski definition) is 0. The van der Waals surface area contributed by atoms with E-state index in [0.29, 0.717) is 27.3 Å². The van der Waals surface area contributed by atoms with Crippen molar-refractivity contribution in [3.05, 3.63) is 80.4 Å². The SMILES string of the molecule is Cc1ccc2c(c1)O/C(=C\c1coc3cc(Cl)ccc3c1=O)C2=O. The number of allylic oxidation sites excluding steroid dienone is 1. The van der Waals surface area contributed by atoms with Crippen molar-refractivity contribution < 1.29 is 13.9 Å². The molecule has 0 aliphatic carbocycles. The molecule has 0 saturated heterocycles. The van der Waals surface area contributed by atoms with Gasteiger partial charge in [-0.1, -0.05) is 17.7 Å². The fraction of sp³-hybridized carbons (Fsp3) is 0.0526. The standard InChI is InChI=1S/C19H11ClO4/c1-10-2-4-14-16(6-10)24-17(19(14)22)7-11-9-23-15-8-12(20)3-5-13(15)18(11)21/h2-9H,1H3/b17-7-. The molecule has 1 aliphatic rings. The van der Waals surface area contributed by atoms with Gasteiger partial charge >= 0.3 is 0 Å². The third kappa shape index (κ3) is 2.32. The maximum absolute atomic E-state index is 12.5. The van der Waals surface area contributed by atoms with Crippen LogP contribution in [0, 0.1) is 6.92 Å².